The third-order valence-corrected chi connectivity index (χ3v) is 11.9. The molecule has 0 unspecified atom stereocenters. The van der Waals surface area contributed by atoms with Crippen molar-refractivity contribution in [2.75, 3.05) is 0 Å². The first-order valence-corrected chi connectivity index (χ1v) is 18.6. The number of hydrogen-bond acceptors (Lipinski definition) is 3. The van der Waals surface area contributed by atoms with Crippen molar-refractivity contribution in [1.29, 1.82) is 5.26 Å². The van der Waals surface area contributed by atoms with E-state index < -0.39 is 0 Å². The molecule has 6 heterocycles. The molecular formula is C44H24N6S2. The molecule has 11 aromatic rings. The molecule has 0 amide bonds. The molecule has 0 aliphatic rings. The molecule has 0 radical (unpaired) electrons. The fourth-order valence-electron chi connectivity index (χ4n) is 8.25. The molecule has 8 heteroatoms. The van der Waals surface area contributed by atoms with Gasteiger partial charge in [0.15, 0.2) is 5.69 Å². The van der Waals surface area contributed by atoms with Crippen molar-refractivity contribution in [3.63, 3.8) is 0 Å². The Bertz CT molecular complexity index is 3110. The van der Waals surface area contributed by atoms with Gasteiger partial charge in [-0.2, -0.15) is 5.26 Å². The summed E-state index contributed by atoms with van der Waals surface area (Å²) in [6.07, 6.45) is 0. The van der Waals surface area contributed by atoms with Crippen LogP contribution in [0.4, 0.5) is 5.69 Å². The van der Waals surface area contributed by atoms with Crippen LogP contribution in [0, 0.1) is 17.9 Å². The van der Waals surface area contributed by atoms with Crippen LogP contribution in [0.3, 0.4) is 0 Å². The van der Waals surface area contributed by atoms with Crippen molar-refractivity contribution in [2.24, 2.45) is 0 Å². The van der Waals surface area contributed by atoms with Crippen LogP contribution in [-0.4, -0.2) is 18.3 Å². The predicted octanol–water partition coefficient (Wildman–Crippen LogP) is 12.3. The van der Waals surface area contributed by atoms with E-state index in [2.05, 4.69) is 149 Å². The Morgan fingerprint density at radius 1 is 0.500 bits per heavy atom. The van der Waals surface area contributed by atoms with Crippen LogP contribution < -0.4 is 0 Å². The summed E-state index contributed by atoms with van der Waals surface area (Å²) in [4.78, 5) is 4.04. The molecule has 242 valence electrons. The van der Waals surface area contributed by atoms with Crippen LogP contribution in [0.2, 0.25) is 0 Å². The topological polar surface area (TPSA) is 47.9 Å². The summed E-state index contributed by atoms with van der Waals surface area (Å²) in [5.41, 5.74) is 8.34. The van der Waals surface area contributed by atoms with Crippen molar-refractivity contribution in [1.82, 2.24) is 18.3 Å². The first-order chi connectivity index (χ1) is 25.8. The van der Waals surface area contributed by atoms with Gasteiger partial charge in [0.2, 0.25) is 0 Å². The fourth-order valence-corrected chi connectivity index (χ4v) is 9.74. The summed E-state index contributed by atoms with van der Waals surface area (Å²) < 4.78 is 9.02. The van der Waals surface area contributed by atoms with Crippen LogP contribution in [-0.2, 0) is 0 Å². The number of aromatic nitrogens is 4. The standard InChI is InChI=1S/C44H24N6S2/c1-46-27-24-37(47-33-16-6-2-12-28(33)41-30-14-4-8-18-35(30)49(43(41)47)39-20-10-22-51-39)32(26-45)38(25-27)48-34-17-7-3-13-29(34)42-31-15-5-9-19-36(31)50(44(42)48)40-21-11-23-52-40/h2-25H. The number of benzene rings is 5. The number of nitriles is 1. The highest BCUT2D eigenvalue weighted by Gasteiger charge is 2.28. The lowest BCUT2D eigenvalue weighted by Crippen LogP contribution is -2.07. The Morgan fingerprint density at radius 3 is 1.23 bits per heavy atom. The van der Waals surface area contributed by atoms with Gasteiger partial charge in [-0.05, 0) is 71.4 Å². The van der Waals surface area contributed by atoms with E-state index in [0.717, 1.165) is 75.7 Å². The minimum absolute atomic E-state index is 0.457. The maximum Gasteiger partial charge on any atom is 0.191 e. The molecule has 0 aliphatic carbocycles. The van der Waals surface area contributed by atoms with E-state index in [0.29, 0.717) is 22.6 Å². The molecule has 0 spiro atoms. The van der Waals surface area contributed by atoms with Gasteiger partial charge in [-0.3, -0.25) is 18.3 Å². The average molecular weight is 701 g/mol. The SMILES string of the molecule is [C-]#[N+]c1cc(-n2c3ccccc3c3c4ccccc4n(-c4cccs4)c32)c(C#N)c(-n2c3ccccc3c3c4ccccc4n(-c4cccs4)c32)c1. The lowest BCUT2D eigenvalue weighted by Gasteiger charge is -2.18. The summed E-state index contributed by atoms with van der Waals surface area (Å²) in [5.74, 6) is 0. The Hall–Kier alpha value is -6.84. The van der Waals surface area contributed by atoms with Gasteiger partial charge in [-0.25, -0.2) is 4.85 Å². The normalized spacial score (nSPS) is 11.8. The van der Waals surface area contributed by atoms with Crippen molar-refractivity contribution < 1.29 is 0 Å². The van der Waals surface area contributed by atoms with Crippen molar-refractivity contribution >= 4 is 94.0 Å². The van der Waals surface area contributed by atoms with Gasteiger partial charge < -0.3 is 0 Å². The molecule has 6 aromatic heterocycles. The third-order valence-electron chi connectivity index (χ3n) is 10.2. The highest BCUT2D eigenvalue weighted by atomic mass is 32.1. The largest absolute Gasteiger partial charge is 0.295 e. The van der Waals surface area contributed by atoms with Gasteiger partial charge in [0, 0.05) is 32.3 Å². The molecule has 0 saturated carbocycles. The second-order valence-electron chi connectivity index (χ2n) is 12.8. The molecule has 0 atom stereocenters. The quantitative estimate of drug-likeness (QED) is 0.169. The van der Waals surface area contributed by atoms with Crippen LogP contribution in [0.1, 0.15) is 5.56 Å². The molecular weight excluding hydrogens is 677 g/mol. The first-order valence-electron chi connectivity index (χ1n) is 16.9. The lowest BCUT2D eigenvalue weighted by atomic mass is 10.1. The first kappa shape index (κ1) is 28.9. The van der Waals surface area contributed by atoms with E-state index in [1.807, 2.05) is 24.3 Å². The Labute approximate surface area is 304 Å². The number of rotatable bonds is 4. The van der Waals surface area contributed by atoms with Gasteiger partial charge in [0.05, 0.1) is 45.6 Å². The molecule has 0 N–H and O–H groups in total. The summed E-state index contributed by atoms with van der Waals surface area (Å²) in [5, 5.41) is 24.4. The number of fused-ring (bicyclic) bond motifs is 10. The van der Waals surface area contributed by atoms with Gasteiger partial charge in [0.1, 0.15) is 27.4 Å². The molecule has 52 heavy (non-hydrogen) atoms. The number of hydrogen-bond donors (Lipinski definition) is 0. The summed E-state index contributed by atoms with van der Waals surface area (Å²) in [6, 6.07) is 48.6. The van der Waals surface area contributed by atoms with E-state index in [1.165, 1.54) is 0 Å². The molecule has 0 saturated heterocycles. The fraction of sp³-hybridized carbons (Fsp3) is 0. The summed E-state index contributed by atoms with van der Waals surface area (Å²) in [7, 11) is 0. The van der Waals surface area contributed by atoms with Gasteiger partial charge in [-0.1, -0.05) is 72.8 Å². The van der Waals surface area contributed by atoms with E-state index >= 15 is 0 Å². The maximum atomic E-state index is 11.4. The van der Waals surface area contributed by atoms with Crippen molar-refractivity contribution in [2.45, 2.75) is 0 Å². The van der Waals surface area contributed by atoms with Crippen LogP contribution in [0.25, 0.3) is 91.9 Å². The monoisotopic (exact) mass is 700 g/mol. The van der Waals surface area contributed by atoms with E-state index in [9.17, 15) is 5.26 Å². The van der Waals surface area contributed by atoms with Crippen molar-refractivity contribution in [3.05, 3.63) is 161 Å². The Morgan fingerprint density at radius 2 is 0.885 bits per heavy atom. The van der Waals surface area contributed by atoms with Crippen LogP contribution in [0.15, 0.2) is 144 Å². The minimum Gasteiger partial charge on any atom is -0.295 e. The Balaban J connectivity index is 1.35. The maximum absolute atomic E-state index is 11.4. The summed E-state index contributed by atoms with van der Waals surface area (Å²) >= 11 is 3.36. The third kappa shape index (κ3) is 3.74. The van der Waals surface area contributed by atoms with Gasteiger partial charge in [0.25, 0.3) is 0 Å². The van der Waals surface area contributed by atoms with Gasteiger partial charge >= 0.3 is 0 Å². The second-order valence-corrected chi connectivity index (χ2v) is 14.6. The number of thiophene rings is 2. The molecule has 0 fully saturated rings. The zero-order valence-electron chi connectivity index (χ0n) is 27.4. The summed E-state index contributed by atoms with van der Waals surface area (Å²) in [6.45, 7) is 8.37. The minimum atomic E-state index is 0.457. The van der Waals surface area contributed by atoms with Crippen molar-refractivity contribution in [3.8, 4) is 27.4 Å². The molecule has 5 aromatic carbocycles. The highest BCUT2D eigenvalue weighted by molar-refractivity contribution is 7.12. The van der Waals surface area contributed by atoms with E-state index in [-0.39, 0.29) is 0 Å². The predicted molar refractivity (Wildman–Crippen MR) is 216 cm³/mol. The molecule has 6 nitrogen and oxygen atoms in total. The zero-order chi connectivity index (χ0) is 34.5. The van der Waals surface area contributed by atoms with Crippen LogP contribution in [0.5, 0.6) is 0 Å². The highest BCUT2D eigenvalue weighted by Crippen LogP contribution is 2.46. The molecule has 0 aliphatic heterocycles. The lowest BCUT2D eigenvalue weighted by molar-refractivity contribution is 1.05. The molecule has 0 bridgehead atoms. The van der Waals surface area contributed by atoms with E-state index in [1.54, 1.807) is 22.7 Å². The zero-order valence-corrected chi connectivity index (χ0v) is 29.0. The average Bonchev–Trinajstić information content (AvgIpc) is 4.04. The molecule has 11 rings (SSSR count). The smallest absolute Gasteiger partial charge is 0.191 e. The van der Waals surface area contributed by atoms with Gasteiger partial charge in [-0.15, -0.1) is 22.7 Å². The number of nitrogens with zero attached hydrogens (tertiary/aromatic N) is 6. The number of para-hydroxylation sites is 4. The second kappa shape index (κ2) is 10.8. The Kier molecular flexibility index (Phi) is 6.03. The van der Waals surface area contributed by atoms with Crippen LogP contribution >= 0.6 is 22.7 Å². The van der Waals surface area contributed by atoms with E-state index in [4.69, 9.17) is 6.57 Å².